The molecule has 0 atom stereocenters. The predicted octanol–water partition coefficient (Wildman–Crippen LogP) is 0.320. The van der Waals surface area contributed by atoms with Crippen LogP contribution in [-0.4, -0.2) is 73.1 Å². The second kappa shape index (κ2) is 7.56. The van der Waals surface area contributed by atoms with E-state index < -0.39 is 0 Å². The summed E-state index contributed by atoms with van der Waals surface area (Å²) in [5, 5.41) is 20.7. The van der Waals surface area contributed by atoms with Gasteiger partial charge in [0.2, 0.25) is 11.1 Å². The van der Waals surface area contributed by atoms with Gasteiger partial charge in [-0.2, -0.15) is 5.10 Å². The van der Waals surface area contributed by atoms with E-state index in [0.29, 0.717) is 24.0 Å². The monoisotopic (exact) mass is 374 g/mol. The molecular formula is C16H22N8OS. The van der Waals surface area contributed by atoms with E-state index in [4.69, 9.17) is 0 Å². The number of thioether (sulfide) groups is 1. The van der Waals surface area contributed by atoms with Gasteiger partial charge in [0, 0.05) is 33.2 Å². The molecule has 10 heteroatoms. The fourth-order valence-electron chi connectivity index (χ4n) is 3.38. The van der Waals surface area contributed by atoms with Crippen molar-refractivity contribution < 1.29 is 4.79 Å². The fourth-order valence-corrected chi connectivity index (χ4v) is 4.13. The standard InChI is InChI=1S/C16H22N8OS/c1-22-16(19-20-21-22)26-11-15(25)24-8-6-23(7-9-24)14-10-12-4-2-3-5-13(12)17-18-14/h10H,2-9,11H2,1H3. The highest BCUT2D eigenvalue weighted by atomic mass is 32.2. The van der Waals surface area contributed by atoms with Crippen LogP contribution in [0.4, 0.5) is 5.82 Å². The lowest BCUT2D eigenvalue weighted by Crippen LogP contribution is -2.49. The Balaban J connectivity index is 1.31. The number of rotatable bonds is 4. The molecule has 0 radical (unpaired) electrons. The summed E-state index contributed by atoms with van der Waals surface area (Å²) in [6, 6.07) is 2.19. The number of aryl methyl sites for hydroxylation is 3. The van der Waals surface area contributed by atoms with E-state index in [1.165, 1.54) is 30.2 Å². The Bertz CT molecular complexity index is 786. The third kappa shape index (κ3) is 3.64. The molecule has 1 fully saturated rings. The largest absolute Gasteiger partial charge is 0.352 e. The first-order valence-corrected chi connectivity index (χ1v) is 9.92. The molecule has 1 aliphatic carbocycles. The molecule has 2 aliphatic rings. The molecule has 1 amide bonds. The molecule has 3 heterocycles. The molecule has 1 saturated heterocycles. The van der Waals surface area contributed by atoms with E-state index in [9.17, 15) is 4.79 Å². The molecule has 2 aromatic rings. The number of nitrogens with zero attached hydrogens (tertiary/aromatic N) is 8. The predicted molar refractivity (Wildman–Crippen MR) is 97.0 cm³/mol. The van der Waals surface area contributed by atoms with Crippen molar-refractivity contribution in [1.82, 2.24) is 35.3 Å². The van der Waals surface area contributed by atoms with Gasteiger partial charge in [0.05, 0.1) is 11.4 Å². The minimum Gasteiger partial charge on any atom is -0.352 e. The van der Waals surface area contributed by atoms with Gasteiger partial charge in [0.25, 0.3) is 0 Å². The van der Waals surface area contributed by atoms with Crippen LogP contribution in [0.15, 0.2) is 11.2 Å². The van der Waals surface area contributed by atoms with E-state index in [2.05, 4.69) is 36.7 Å². The van der Waals surface area contributed by atoms with Gasteiger partial charge in [-0.25, -0.2) is 4.68 Å². The molecule has 2 aromatic heterocycles. The maximum atomic E-state index is 12.4. The first-order chi connectivity index (χ1) is 12.7. The van der Waals surface area contributed by atoms with Gasteiger partial charge in [0.15, 0.2) is 5.82 Å². The Morgan fingerprint density at radius 1 is 1.12 bits per heavy atom. The van der Waals surface area contributed by atoms with E-state index in [1.807, 2.05) is 4.90 Å². The number of tetrazole rings is 1. The van der Waals surface area contributed by atoms with Crippen LogP contribution < -0.4 is 4.90 Å². The first kappa shape index (κ1) is 17.2. The molecule has 0 spiro atoms. The molecule has 0 aromatic carbocycles. The molecule has 4 rings (SSSR count). The first-order valence-electron chi connectivity index (χ1n) is 8.94. The Labute approximate surface area is 156 Å². The number of hydrogen-bond donors (Lipinski definition) is 0. The Kier molecular flexibility index (Phi) is 5.00. The smallest absolute Gasteiger partial charge is 0.233 e. The molecule has 0 bridgehead atoms. The highest BCUT2D eigenvalue weighted by molar-refractivity contribution is 7.99. The van der Waals surface area contributed by atoms with Crippen molar-refractivity contribution in [2.75, 3.05) is 36.8 Å². The summed E-state index contributed by atoms with van der Waals surface area (Å²) in [5.41, 5.74) is 2.50. The zero-order valence-corrected chi connectivity index (χ0v) is 15.7. The van der Waals surface area contributed by atoms with Gasteiger partial charge in [0.1, 0.15) is 0 Å². The van der Waals surface area contributed by atoms with Gasteiger partial charge in [-0.1, -0.05) is 11.8 Å². The summed E-state index contributed by atoms with van der Waals surface area (Å²) in [5.74, 6) is 1.42. The average Bonchev–Trinajstić information content (AvgIpc) is 3.10. The van der Waals surface area contributed by atoms with Crippen LogP contribution in [0.5, 0.6) is 0 Å². The van der Waals surface area contributed by atoms with Crippen LogP contribution in [0.25, 0.3) is 0 Å². The van der Waals surface area contributed by atoms with Gasteiger partial charge >= 0.3 is 0 Å². The normalized spacial score (nSPS) is 17.3. The Morgan fingerprint density at radius 2 is 1.92 bits per heavy atom. The van der Waals surface area contributed by atoms with E-state index in [-0.39, 0.29) is 5.91 Å². The third-order valence-corrected chi connectivity index (χ3v) is 5.91. The number of fused-ring (bicyclic) bond motifs is 1. The van der Waals surface area contributed by atoms with Gasteiger partial charge in [-0.15, -0.1) is 10.2 Å². The van der Waals surface area contributed by atoms with Crippen molar-refractivity contribution in [3.05, 3.63) is 17.3 Å². The highest BCUT2D eigenvalue weighted by Crippen LogP contribution is 2.23. The second-order valence-electron chi connectivity index (χ2n) is 6.62. The number of carbonyl (C=O) groups is 1. The Hall–Kier alpha value is -2.23. The van der Waals surface area contributed by atoms with Crippen LogP contribution in [0.1, 0.15) is 24.1 Å². The van der Waals surface area contributed by atoms with E-state index >= 15 is 0 Å². The molecule has 0 unspecified atom stereocenters. The van der Waals surface area contributed by atoms with Crippen molar-refractivity contribution in [2.24, 2.45) is 7.05 Å². The SMILES string of the molecule is Cn1nnnc1SCC(=O)N1CCN(c2cc3c(nn2)CCCC3)CC1. The number of piperazine rings is 1. The van der Waals surface area contributed by atoms with Crippen molar-refractivity contribution in [3.8, 4) is 0 Å². The average molecular weight is 374 g/mol. The summed E-state index contributed by atoms with van der Waals surface area (Å²) in [6.45, 7) is 2.98. The van der Waals surface area contributed by atoms with Crippen LogP contribution in [-0.2, 0) is 24.7 Å². The van der Waals surface area contributed by atoms with Gasteiger partial charge < -0.3 is 9.80 Å². The maximum absolute atomic E-state index is 12.4. The third-order valence-electron chi connectivity index (χ3n) is 4.92. The number of amides is 1. The minimum atomic E-state index is 0.120. The summed E-state index contributed by atoms with van der Waals surface area (Å²) < 4.78 is 1.57. The van der Waals surface area contributed by atoms with E-state index in [1.54, 1.807) is 11.7 Å². The lowest BCUT2D eigenvalue weighted by atomic mass is 9.97. The van der Waals surface area contributed by atoms with Crippen molar-refractivity contribution in [3.63, 3.8) is 0 Å². The number of carbonyl (C=O) groups excluding carboxylic acids is 1. The van der Waals surface area contributed by atoms with Crippen molar-refractivity contribution >= 4 is 23.5 Å². The van der Waals surface area contributed by atoms with Crippen LogP contribution in [0.2, 0.25) is 0 Å². The maximum Gasteiger partial charge on any atom is 0.233 e. The topological polar surface area (TPSA) is 92.9 Å². The van der Waals surface area contributed by atoms with Crippen LogP contribution >= 0.6 is 11.8 Å². The summed E-state index contributed by atoms with van der Waals surface area (Å²) >= 11 is 1.37. The van der Waals surface area contributed by atoms with Crippen molar-refractivity contribution in [2.45, 2.75) is 30.8 Å². The number of anilines is 1. The lowest BCUT2D eigenvalue weighted by Gasteiger charge is -2.35. The zero-order valence-electron chi connectivity index (χ0n) is 14.8. The molecule has 0 N–H and O–H groups in total. The molecule has 9 nitrogen and oxygen atoms in total. The lowest BCUT2D eigenvalue weighted by molar-refractivity contribution is -0.128. The van der Waals surface area contributed by atoms with Crippen LogP contribution in [0.3, 0.4) is 0 Å². The van der Waals surface area contributed by atoms with Crippen LogP contribution in [0, 0.1) is 0 Å². The Morgan fingerprint density at radius 3 is 2.69 bits per heavy atom. The summed E-state index contributed by atoms with van der Waals surface area (Å²) in [7, 11) is 1.77. The highest BCUT2D eigenvalue weighted by Gasteiger charge is 2.23. The van der Waals surface area contributed by atoms with Gasteiger partial charge in [-0.3, -0.25) is 4.79 Å². The minimum absolute atomic E-state index is 0.120. The van der Waals surface area contributed by atoms with Gasteiger partial charge in [-0.05, 0) is 47.7 Å². The molecule has 26 heavy (non-hydrogen) atoms. The molecule has 1 aliphatic heterocycles. The molecule has 138 valence electrons. The fraction of sp³-hybridized carbons (Fsp3) is 0.625. The molecule has 0 saturated carbocycles. The van der Waals surface area contributed by atoms with Crippen molar-refractivity contribution in [1.29, 1.82) is 0 Å². The number of aromatic nitrogens is 6. The summed E-state index contributed by atoms with van der Waals surface area (Å²) in [4.78, 5) is 16.5. The zero-order chi connectivity index (χ0) is 17.9. The second-order valence-corrected chi connectivity index (χ2v) is 7.57. The summed E-state index contributed by atoms with van der Waals surface area (Å²) in [6.07, 6.45) is 4.59. The quantitative estimate of drug-likeness (QED) is 0.707. The number of hydrogen-bond acceptors (Lipinski definition) is 8. The molecular weight excluding hydrogens is 352 g/mol. The van der Waals surface area contributed by atoms with E-state index in [0.717, 1.165) is 37.4 Å².